The molecule has 2 aliphatic rings. The van der Waals surface area contributed by atoms with Crippen molar-refractivity contribution in [2.45, 2.75) is 20.0 Å². The summed E-state index contributed by atoms with van der Waals surface area (Å²) in [6, 6.07) is 17.1. The van der Waals surface area contributed by atoms with Gasteiger partial charge in [-0.1, -0.05) is 31.2 Å². The number of benzene rings is 3. The van der Waals surface area contributed by atoms with Gasteiger partial charge >= 0.3 is 6.03 Å². The molecule has 1 saturated heterocycles. The number of hydrogen-bond donors (Lipinski definition) is 1. The number of hydrogen-bond acceptors (Lipinski definition) is 6. The Balaban J connectivity index is 1.33. The fourth-order valence-electron chi connectivity index (χ4n) is 3.86. The number of carbonyl (C=O) groups is 3. The molecule has 2 aliphatic heterocycles. The lowest BCUT2D eigenvalue weighted by molar-refractivity contribution is -0.122. The Labute approximate surface area is 215 Å². The van der Waals surface area contributed by atoms with Gasteiger partial charge in [0.25, 0.3) is 11.8 Å². The van der Waals surface area contributed by atoms with Crippen molar-refractivity contribution in [2.75, 3.05) is 11.7 Å². The predicted molar refractivity (Wildman–Crippen MR) is 136 cm³/mol. The summed E-state index contributed by atoms with van der Waals surface area (Å²) in [6.07, 6.45) is 2.28. The summed E-state index contributed by atoms with van der Waals surface area (Å²) in [5.41, 5.74) is 2.82. The Morgan fingerprint density at radius 1 is 0.972 bits per heavy atom. The molecule has 5 rings (SSSR count). The van der Waals surface area contributed by atoms with Gasteiger partial charge in [0.1, 0.15) is 17.9 Å². The number of amides is 4. The molecule has 0 spiro atoms. The first-order valence-corrected chi connectivity index (χ1v) is 12.0. The van der Waals surface area contributed by atoms with E-state index in [0.717, 1.165) is 22.4 Å². The molecule has 0 aromatic heterocycles. The van der Waals surface area contributed by atoms with Crippen LogP contribution < -0.4 is 24.4 Å². The van der Waals surface area contributed by atoms with Gasteiger partial charge in [-0.2, -0.15) is 0 Å². The Morgan fingerprint density at radius 3 is 2.47 bits per heavy atom. The van der Waals surface area contributed by atoms with Crippen LogP contribution in [0.15, 0.2) is 70.7 Å². The predicted octanol–water partition coefficient (Wildman–Crippen LogP) is 4.99. The van der Waals surface area contributed by atoms with Gasteiger partial charge < -0.3 is 14.2 Å². The van der Waals surface area contributed by atoms with Crippen LogP contribution in [0.2, 0.25) is 0 Å². The first kappa shape index (κ1) is 23.6. The molecule has 0 radical (unpaired) electrons. The molecule has 1 fully saturated rings. The summed E-state index contributed by atoms with van der Waals surface area (Å²) in [5.74, 6) is 0.540. The third-order valence-corrected chi connectivity index (χ3v) is 6.42. The largest absolute Gasteiger partial charge is 0.488 e. The first-order valence-electron chi connectivity index (χ1n) is 11.2. The van der Waals surface area contributed by atoms with Crippen molar-refractivity contribution >= 4 is 45.5 Å². The average Bonchev–Trinajstić information content (AvgIpc) is 3.34. The van der Waals surface area contributed by atoms with Gasteiger partial charge in [0.2, 0.25) is 6.79 Å². The number of halogens is 1. The molecule has 4 amide bonds. The maximum atomic E-state index is 13.1. The molecule has 3 aromatic carbocycles. The number of barbiturate groups is 1. The minimum absolute atomic E-state index is 0.143. The Bertz CT molecular complexity index is 1400. The summed E-state index contributed by atoms with van der Waals surface area (Å²) in [5, 5.41) is 2.24. The van der Waals surface area contributed by atoms with Crippen LogP contribution in [0.5, 0.6) is 17.2 Å². The lowest BCUT2D eigenvalue weighted by Gasteiger charge is -2.26. The van der Waals surface area contributed by atoms with Crippen LogP contribution >= 0.6 is 15.9 Å². The van der Waals surface area contributed by atoms with E-state index in [2.05, 4.69) is 21.2 Å². The van der Waals surface area contributed by atoms with E-state index in [1.807, 2.05) is 37.3 Å². The van der Waals surface area contributed by atoms with Crippen LogP contribution in [-0.4, -0.2) is 24.6 Å². The fourth-order valence-corrected chi connectivity index (χ4v) is 4.37. The highest BCUT2D eigenvalue weighted by atomic mass is 79.9. The molecular weight excluding hydrogens is 528 g/mol. The van der Waals surface area contributed by atoms with Gasteiger partial charge in [0, 0.05) is 0 Å². The first-order chi connectivity index (χ1) is 17.4. The molecule has 0 saturated carbocycles. The van der Waals surface area contributed by atoms with Crippen molar-refractivity contribution in [1.82, 2.24) is 5.32 Å². The van der Waals surface area contributed by atoms with Crippen LogP contribution in [0, 0.1) is 0 Å². The number of nitrogens with zero attached hydrogens (tertiary/aromatic N) is 1. The number of fused-ring (bicyclic) bond motifs is 1. The van der Waals surface area contributed by atoms with Gasteiger partial charge in [-0.05, 0) is 81.5 Å². The number of urea groups is 1. The number of imide groups is 2. The molecule has 0 unspecified atom stereocenters. The summed E-state index contributed by atoms with van der Waals surface area (Å²) >= 11 is 3.49. The summed E-state index contributed by atoms with van der Waals surface area (Å²) in [6.45, 7) is 2.53. The van der Waals surface area contributed by atoms with Gasteiger partial charge in [-0.15, -0.1) is 0 Å². The van der Waals surface area contributed by atoms with Crippen LogP contribution in [0.1, 0.15) is 23.6 Å². The maximum Gasteiger partial charge on any atom is 0.335 e. The molecule has 36 heavy (non-hydrogen) atoms. The maximum absolute atomic E-state index is 13.1. The van der Waals surface area contributed by atoms with E-state index >= 15 is 0 Å². The Morgan fingerprint density at radius 2 is 1.72 bits per heavy atom. The lowest BCUT2D eigenvalue weighted by atomic mass is 10.1. The highest BCUT2D eigenvalue weighted by molar-refractivity contribution is 9.10. The summed E-state index contributed by atoms with van der Waals surface area (Å²) in [4.78, 5) is 39.0. The van der Waals surface area contributed by atoms with E-state index < -0.39 is 17.8 Å². The van der Waals surface area contributed by atoms with Crippen molar-refractivity contribution in [1.29, 1.82) is 0 Å². The Kier molecular flexibility index (Phi) is 6.47. The molecule has 0 aliphatic carbocycles. The number of ether oxygens (including phenoxy) is 3. The molecule has 2 heterocycles. The number of aryl methyl sites for hydroxylation is 1. The second-order valence-corrected chi connectivity index (χ2v) is 9.00. The van der Waals surface area contributed by atoms with Crippen LogP contribution in [0.3, 0.4) is 0 Å². The van der Waals surface area contributed by atoms with E-state index in [0.29, 0.717) is 39.6 Å². The van der Waals surface area contributed by atoms with Crippen molar-refractivity contribution in [2.24, 2.45) is 0 Å². The lowest BCUT2D eigenvalue weighted by Crippen LogP contribution is -2.54. The molecular formula is C27H21BrN2O6. The molecule has 0 bridgehead atoms. The number of rotatable bonds is 6. The van der Waals surface area contributed by atoms with Gasteiger partial charge in [0.05, 0.1) is 10.2 Å². The van der Waals surface area contributed by atoms with Crippen molar-refractivity contribution < 1.29 is 28.6 Å². The average molecular weight is 549 g/mol. The normalized spacial score (nSPS) is 15.9. The van der Waals surface area contributed by atoms with Gasteiger partial charge in [-0.3, -0.25) is 14.9 Å². The van der Waals surface area contributed by atoms with E-state index in [1.54, 1.807) is 30.3 Å². The third kappa shape index (κ3) is 4.70. The van der Waals surface area contributed by atoms with E-state index in [1.165, 1.54) is 6.08 Å². The van der Waals surface area contributed by atoms with Crippen LogP contribution in [-0.2, 0) is 22.6 Å². The van der Waals surface area contributed by atoms with Crippen molar-refractivity contribution in [3.05, 3.63) is 87.4 Å². The van der Waals surface area contributed by atoms with E-state index in [4.69, 9.17) is 14.2 Å². The highest BCUT2D eigenvalue weighted by Gasteiger charge is 2.36. The highest BCUT2D eigenvalue weighted by Crippen LogP contribution is 2.34. The third-order valence-electron chi connectivity index (χ3n) is 5.80. The van der Waals surface area contributed by atoms with E-state index in [-0.39, 0.29) is 12.4 Å². The van der Waals surface area contributed by atoms with Crippen LogP contribution in [0.4, 0.5) is 10.5 Å². The second-order valence-electron chi connectivity index (χ2n) is 8.14. The van der Waals surface area contributed by atoms with Gasteiger partial charge in [-0.25, -0.2) is 9.69 Å². The van der Waals surface area contributed by atoms with Gasteiger partial charge in [0.15, 0.2) is 11.5 Å². The number of carbonyl (C=O) groups excluding carboxylic acids is 3. The van der Waals surface area contributed by atoms with Crippen molar-refractivity contribution in [3.63, 3.8) is 0 Å². The summed E-state index contributed by atoms with van der Waals surface area (Å²) in [7, 11) is 0. The SMILES string of the molecule is CCc1ccc(N2C(=O)NC(=O)/C(=C/c3ccc(OCc4ccc5c(c4)OCO5)c(Br)c3)C2=O)cc1. The zero-order chi connectivity index (χ0) is 25.2. The molecule has 3 aromatic rings. The minimum Gasteiger partial charge on any atom is -0.488 e. The molecule has 1 N–H and O–H groups in total. The Hall–Kier alpha value is -4.11. The zero-order valence-electron chi connectivity index (χ0n) is 19.2. The van der Waals surface area contributed by atoms with E-state index in [9.17, 15) is 14.4 Å². The quantitative estimate of drug-likeness (QED) is 0.344. The monoisotopic (exact) mass is 548 g/mol. The minimum atomic E-state index is -0.778. The molecule has 9 heteroatoms. The smallest absolute Gasteiger partial charge is 0.335 e. The standard InChI is InChI=1S/C27H21BrN2O6/c1-2-16-3-7-19(8-4-16)30-26(32)20(25(31)29-27(30)33)11-17-5-9-22(21(28)12-17)34-14-18-6-10-23-24(13-18)36-15-35-23/h3-13H,2,14-15H2,1H3,(H,29,31,33)/b20-11-. The van der Waals surface area contributed by atoms with Crippen molar-refractivity contribution in [3.8, 4) is 17.2 Å². The second kappa shape index (κ2) is 9.87. The fraction of sp³-hybridized carbons (Fsp3) is 0.148. The summed E-state index contributed by atoms with van der Waals surface area (Å²) < 4.78 is 17.3. The number of anilines is 1. The molecule has 8 nitrogen and oxygen atoms in total. The number of nitrogens with one attached hydrogen (secondary N) is 1. The van der Waals surface area contributed by atoms with Crippen LogP contribution in [0.25, 0.3) is 6.08 Å². The molecule has 0 atom stereocenters. The topological polar surface area (TPSA) is 94.2 Å². The molecule has 182 valence electrons. The zero-order valence-corrected chi connectivity index (χ0v) is 20.8.